The molecule has 4 nitrogen and oxygen atoms in total. The summed E-state index contributed by atoms with van der Waals surface area (Å²) in [6.07, 6.45) is 14.5. The topological polar surface area (TPSA) is 48.5 Å². The molecule has 8 heteroatoms. The predicted molar refractivity (Wildman–Crippen MR) is 117 cm³/mol. The van der Waals surface area contributed by atoms with Gasteiger partial charge in [0, 0.05) is 43.7 Å². The number of nitrogens with one attached hydrogen (secondary N) is 1. The van der Waals surface area contributed by atoms with Crippen molar-refractivity contribution in [2.45, 2.75) is 64.1 Å². The fourth-order valence-electron chi connectivity index (χ4n) is 4.10. The maximum atomic E-state index is 9.89. The smallest absolute Gasteiger partial charge is 0.342 e. The van der Waals surface area contributed by atoms with Gasteiger partial charge < -0.3 is 32.4 Å². The van der Waals surface area contributed by atoms with Gasteiger partial charge in [-0.1, -0.05) is 6.42 Å². The van der Waals surface area contributed by atoms with Crippen LogP contribution in [-0.4, -0.2) is 53.6 Å². The maximum Gasteiger partial charge on any atom is 0.342 e. The van der Waals surface area contributed by atoms with E-state index in [2.05, 4.69) is 46.9 Å². The zero-order chi connectivity index (χ0) is 21.1. The molecule has 4 rings (SSSR count). The molecule has 2 aromatic rings. The zero-order valence-corrected chi connectivity index (χ0v) is 20.8. The third-order valence-corrected chi connectivity index (χ3v) is 5.49. The molecule has 0 amide bonds. The Bertz CT molecular complexity index is 703. The van der Waals surface area contributed by atoms with Crippen molar-refractivity contribution in [1.29, 1.82) is 0 Å². The number of hydrogen-bond donors (Lipinski definition) is 2. The summed E-state index contributed by atoms with van der Waals surface area (Å²) in [5.41, 5.74) is 2.67. The van der Waals surface area contributed by atoms with Gasteiger partial charge in [0.25, 0.3) is 0 Å². The third-order valence-electron chi connectivity index (χ3n) is 5.49. The van der Waals surface area contributed by atoms with Crippen molar-refractivity contribution < 1.29 is 38.7 Å². The summed E-state index contributed by atoms with van der Waals surface area (Å²) in [4.78, 5) is 6.00. The van der Waals surface area contributed by atoms with E-state index in [1.807, 2.05) is 0 Å². The fraction of sp³-hybridized carbons (Fsp3) is 0.636. The van der Waals surface area contributed by atoms with Crippen molar-refractivity contribution in [3.05, 3.63) is 30.0 Å². The van der Waals surface area contributed by atoms with Crippen molar-refractivity contribution in [3.63, 3.8) is 0 Å². The van der Waals surface area contributed by atoms with E-state index in [0.29, 0.717) is 6.10 Å². The quantitative estimate of drug-likeness (QED) is 0.469. The van der Waals surface area contributed by atoms with Crippen LogP contribution in [-0.2, 0) is 39.2 Å². The van der Waals surface area contributed by atoms with Crippen LogP contribution in [0.1, 0.15) is 50.5 Å². The van der Waals surface area contributed by atoms with Gasteiger partial charge in [0.2, 0.25) is 0 Å². The van der Waals surface area contributed by atoms with Crippen LogP contribution in [0.3, 0.4) is 0 Å². The average molecular weight is 620 g/mol. The normalized spacial score (nSPS) is 17.0. The second kappa shape index (κ2) is 15.2. The van der Waals surface area contributed by atoms with E-state index < -0.39 is 6.61 Å². The molecule has 2 fully saturated rings. The monoisotopic (exact) mass is 620 g/mol. The van der Waals surface area contributed by atoms with Crippen LogP contribution in [0.25, 0.3) is 10.9 Å². The number of aromatic nitrogens is 1. The van der Waals surface area contributed by atoms with Crippen LogP contribution in [0.15, 0.2) is 24.4 Å². The Morgan fingerprint density at radius 1 is 1.13 bits per heavy atom. The molecule has 1 aromatic carbocycles. The SMILES string of the molecule is C[S-].OC(F)F.[Ir].c1cc2[nH]cc(CCN3CCCC3)c2cc1OC1CCCCC1. The van der Waals surface area contributed by atoms with Crippen LogP contribution in [0.2, 0.25) is 0 Å². The number of ether oxygens (including phenoxy) is 1. The van der Waals surface area contributed by atoms with Gasteiger partial charge in [-0.3, -0.25) is 0 Å². The molecule has 30 heavy (non-hydrogen) atoms. The number of likely N-dealkylation sites (tertiary alicyclic amines) is 1. The van der Waals surface area contributed by atoms with Gasteiger partial charge in [-0.15, -0.1) is 0 Å². The van der Waals surface area contributed by atoms with Gasteiger partial charge in [0.1, 0.15) is 5.75 Å². The van der Waals surface area contributed by atoms with Gasteiger partial charge in [0.05, 0.1) is 6.10 Å². The van der Waals surface area contributed by atoms with Crippen LogP contribution in [0.4, 0.5) is 8.78 Å². The van der Waals surface area contributed by atoms with Crippen molar-refractivity contribution >= 4 is 23.5 Å². The van der Waals surface area contributed by atoms with Crippen molar-refractivity contribution in [2.24, 2.45) is 0 Å². The first-order valence-corrected chi connectivity index (χ1v) is 11.3. The number of halogens is 2. The predicted octanol–water partition coefficient (Wildman–Crippen LogP) is 4.88. The second-order valence-corrected chi connectivity index (χ2v) is 7.48. The molecule has 2 N–H and O–H groups in total. The first-order valence-electron chi connectivity index (χ1n) is 10.5. The maximum absolute atomic E-state index is 9.89. The van der Waals surface area contributed by atoms with Gasteiger partial charge in [-0.2, -0.15) is 15.0 Å². The summed E-state index contributed by atoms with van der Waals surface area (Å²) in [6.45, 7) is 0.567. The van der Waals surface area contributed by atoms with Crippen LogP contribution >= 0.6 is 0 Å². The molecule has 1 radical (unpaired) electrons. The number of hydrogen-bond acceptors (Lipinski definition) is 4. The van der Waals surface area contributed by atoms with Crippen molar-refractivity contribution in [3.8, 4) is 5.75 Å². The van der Waals surface area contributed by atoms with Gasteiger partial charge in [-0.25, -0.2) is 0 Å². The van der Waals surface area contributed by atoms with Gasteiger partial charge >= 0.3 is 6.61 Å². The summed E-state index contributed by atoms with van der Waals surface area (Å²) >= 11 is 4.08. The number of aliphatic hydroxyl groups excluding tert-OH is 1. The minimum atomic E-state index is -3.17. The van der Waals surface area contributed by atoms with Crippen LogP contribution in [0.5, 0.6) is 5.75 Å². The molecule has 1 saturated carbocycles. The van der Waals surface area contributed by atoms with E-state index in [-0.39, 0.29) is 20.1 Å². The Kier molecular flexibility index (Phi) is 13.9. The number of H-pyrrole nitrogens is 1. The van der Waals surface area contributed by atoms with E-state index in [4.69, 9.17) is 9.84 Å². The molecule has 0 spiro atoms. The summed E-state index contributed by atoms with van der Waals surface area (Å²) in [5, 5.41) is 8.07. The molecule has 0 unspecified atom stereocenters. The molecule has 1 aromatic heterocycles. The number of aliphatic hydroxyl groups is 1. The zero-order valence-electron chi connectivity index (χ0n) is 17.5. The summed E-state index contributed by atoms with van der Waals surface area (Å²) < 4.78 is 26.0. The fourth-order valence-corrected chi connectivity index (χ4v) is 4.10. The van der Waals surface area contributed by atoms with E-state index in [1.165, 1.54) is 81.0 Å². The number of nitrogens with zero attached hydrogens (tertiary/aromatic N) is 1. The average Bonchev–Trinajstić information content (AvgIpc) is 3.38. The molecule has 0 atom stereocenters. The van der Waals surface area contributed by atoms with E-state index in [0.717, 1.165) is 12.2 Å². The largest absolute Gasteiger partial charge is 0.796 e. The van der Waals surface area contributed by atoms with Gasteiger partial charge in [0.15, 0.2) is 0 Å². The Balaban J connectivity index is 0.000000580. The number of rotatable bonds is 5. The number of fused-ring (bicyclic) bond motifs is 1. The molecular formula is C22H33F2IrN2O2S-. The third kappa shape index (κ3) is 9.23. The standard InChI is InChI=1S/C20H28N2O.CH2F2O.CH4S.Ir/c1-2-6-17(7-3-1)23-18-8-9-20-19(14-18)16(15-21-20)10-13-22-11-4-5-12-22;2-1(3)4;1-2;/h8-9,14-15,17,21H,1-7,10-13H2;1,4H;2H,1H3;/p-1. The molecule has 2 aliphatic rings. The Hall–Kier alpha value is -0.661. The first-order chi connectivity index (χ1) is 14.1. The molecule has 1 aliphatic carbocycles. The minimum absolute atomic E-state index is 0. The van der Waals surface area contributed by atoms with E-state index in [9.17, 15) is 8.78 Å². The minimum Gasteiger partial charge on any atom is -0.796 e. The van der Waals surface area contributed by atoms with E-state index in [1.54, 1.807) is 6.26 Å². The summed E-state index contributed by atoms with van der Waals surface area (Å²) in [5.74, 6) is 1.05. The van der Waals surface area contributed by atoms with Gasteiger partial charge in [-0.05, 0) is 81.8 Å². The number of aromatic amines is 1. The Labute approximate surface area is 197 Å². The molecule has 1 saturated heterocycles. The number of alkyl halides is 2. The van der Waals surface area contributed by atoms with E-state index >= 15 is 0 Å². The first kappa shape index (κ1) is 27.4. The molecule has 173 valence electrons. The van der Waals surface area contributed by atoms with Crippen LogP contribution in [0, 0.1) is 0 Å². The molecular weight excluding hydrogens is 587 g/mol. The summed E-state index contributed by atoms with van der Waals surface area (Å²) in [7, 11) is 0. The molecule has 0 bridgehead atoms. The molecule has 1 aliphatic heterocycles. The Morgan fingerprint density at radius 3 is 2.40 bits per heavy atom. The number of benzene rings is 1. The summed E-state index contributed by atoms with van der Waals surface area (Å²) in [6, 6.07) is 6.55. The second-order valence-electron chi connectivity index (χ2n) is 7.48. The molecule has 2 heterocycles. The van der Waals surface area contributed by atoms with Crippen molar-refractivity contribution in [2.75, 3.05) is 25.9 Å². The Morgan fingerprint density at radius 2 is 1.77 bits per heavy atom. The van der Waals surface area contributed by atoms with Crippen molar-refractivity contribution in [1.82, 2.24) is 9.88 Å². The van der Waals surface area contributed by atoms with Crippen LogP contribution < -0.4 is 4.74 Å².